The monoisotopic (exact) mass is 575 g/mol. The van der Waals surface area contributed by atoms with Crippen molar-refractivity contribution in [2.24, 2.45) is 0 Å². The molecule has 0 bridgehead atoms. The maximum absolute atomic E-state index is 11.7. The summed E-state index contributed by atoms with van der Waals surface area (Å²) in [7, 11) is -7.89. The Morgan fingerprint density at radius 3 is 1.61 bits per heavy atom. The average Bonchev–Trinajstić information content (AvgIpc) is 3.15. The predicted molar refractivity (Wildman–Crippen MR) is 104 cm³/mol. The Bertz CT molecular complexity index is 1050. The minimum Gasteiger partial charge on any atom is -0.747 e. The van der Waals surface area contributed by atoms with E-state index < -0.39 is 79.7 Å². The summed E-state index contributed by atoms with van der Waals surface area (Å²) < 4.78 is 54.5. The predicted octanol–water partition coefficient (Wildman–Crippen LogP) is -8.56. The van der Waals surface area contributed by atoms with Crippen molar-refractivity contribution in [1.82, 2.24) is 10.1 Å². The average molecular weight is 575 g/mol. The molecule has 192 valence electrons. The van der Waals surface area contributed by atoms with Crippen LogP contribution in [0.2, 0.25) is 0 Å². The van der Waals surface area contributed by atoms with Gasteiger partial charge >= 0.3 is 71.1 Å². The molecule has 0 saturated carbocycles. The van der Waals surface area contributed by atoms with Gasteiger partial charge in [0.1, 0.15) is 15.4 Å². The standard InChI is InChI=1S/C16H19N2O13S2.2Na.H2O/c19-11-7-9(32(25)26)15(23)17(11)30-13(21)5-3-1-2-4-6-14(22)31-18-12(20)8-10(16(18)24)33(27,28)29;;;/h9-10H,1-8H2,(H,27,28,29);;;1H2/q-1;2*+1;. The van der Waals surface area contributed by atoms with E-state index in [0.29, 0.717) is 12.8 Å². The van der Waals surface area contributed by atoms with Gasteiger partial charge in [0.25, 0.3) is 23.6 Å². The molecule has 2 rings (SSSR count). The minimum absolute atomic E-state index is 0. The largest absolute Gasteiger partial charge is 1.00 e. The summed E-state index contributed by atoms with van der Waals surface area (Å²) in [6, 6.07) is 0. The Balaban J connectivity index is 0. The third-order valence-electron chi connectivity index (χ3n) is 4.60. The van der Waals surface area contributed by atoms with Crippen molar-refractivity contribution in [3.63, 3.8) is 0 Å². The molecule has 16 nitrogen and oxygen atoms in total. The number of carbonyl (C=O) groups is 6. The fourth-order valence-corrected chi connectivity index (χ4v) is 4.15. The molecule has 2 fully saturated rings. The molecule has 2 saturated heterocycles. The molecule has 0 radical (unpaired) electrons. The van der Waals surface area contributed by atoms with Crippen LogP contribution in [0, 0.1) is 0 Å². The number of hydrogen-bond donors (Lipinski definition) is 0. The van der Waals surface area contributed by atoms with Crippen LogP contribution in [0.25, 0.3) is 0 Å². The molecule has 4 amide bonds. The summed E-state index contributed by atoms with van der Waals surface area (Å²) in [6.45, 7) is 0. The van der Waals surface area contributed by atoms with E-state index >= 15 is 0 Å². The van der Waals surface area contributed by atoms with Gasteiger partial charge in [-0.05, 0) is 12.8 Å². The molecule has 2 aliphatic heterocycles. The Morgan fingerprint density at radius 1 is 0.833 bits per heavy atom. The smallest absolute Gasteiger partial charge is 0.747 e. The summed E-state index contributed by atoms with van der Waals surface area (Å²) in [5.41, 5.74) is 0. The number of hydrogen-bond acceptors (Lipinski definition) is 14. The van der Waals surface area contributed by atoms with Gasteiger partial charge in [-0.1, -0.05) is 23.5 Å². The number of unbranched alkanes of at least 4 members (excludes halogenated alkanes) is 3. The van der Waals surface area contributed by atoms with Crippen molar-refractivity contribution in [2.75, 3.05) is 0 Å². The summed E-state index contributed by atoms with van der Waals surface area (Å²) in [5.74, 6) is -6.58. The molecule has 0 aromatic heterocycles. The van der Waals surface area contributed by atoms with Gasteiger partial charge in [-0.25, -0.2) is 18.0 Å². The van der Waals surface area contributed by atoms with Crippen molar-refractivity contribution in [1.29, 1.82) is 0 Å². The normalized spacial score (nSPS) is 19.5. The van der Waals surface area contributed by atoms with Crippen molar-refractivity contribution in [3.8, 4) is 0 Å². The van der Waals surface area contributed by atoms with Crippen LogP contribution in [0.4, 0.5) is 0 Å². The fraction of sp³-hybridized carbons (Fsp3) is 0.625. The first-order chi connectivity index (χ1) is 15.3. The number of nitrogens with zero attached hydrogens (tertiary/aromatic N) is 2. The Labute approximate surface area is 250 Å². The van der Waals surface area contributed by atoms with E-state index in [4.69, 9.17) is 0 Å². The van der Waals surface area contributed by atoms with Gasteiger partial charge in [0.2, 0.25) is 0 Å². The number of amides is 4. The quantitative estimate of drug-likeness (QED) is 0.0555. The van der Waals surface area contributed by atoms with Crippen LogP contribution in [-0.2, 0) is 73.2 Å². The number of imide groups is 2. The molecule has 3 N–H and O–H groups in total. The number of carbonyl (C=O) groups excluding carboxylic acids is 6. The van der Waals surface area contributed by atoms with Crippen molar-refractivity contribution >= 4 is 56.4 Å². The zero-order valence-electron chi connectivity index (χ0n) is 19.4. The van der Waals surface area contributed by atoms with Gasteiger partial charge < -0.3 is 28.1 Å². The van der Waals surface area contributed by atoms with Gasteiger partial charge in [0, 0.05) is 24.5 Å². The minimum atomic E-state index is -5.07. The van der Waals surface area contributed by atoms with Gasteiger partial charge in [0.15, 0.2) is 0 Å². The van der Waals surface area contributed by atoms with Crippen LogP contribution >= 0.6 is 0 Å². The van der Waals surface area contributed by atoms with Gasteiger partial charge in [0.05, 0.1) is 6.42 Å². The Morgan fingerprint density at radius 2 is 1.25 bits per heavy atom. The van der Waals surface area contributed by atoms with E-state index in [9.17, 15) is 50.2 Å². The molecule has 36 heavy (non-hydrogen) atoms. The van der Waals surface area contributed by atoms with E-state index in [-0.39, 0.29) is 100 Å². The third-order valence-corrected chi connectivity index (χ3v) is 6.50. The molecular weight excluding hydrogens is 554 g/mol. The summed E-state index contributed by atoms with van der Waals surface area (Å²) in [5, 5.41) is -3.63. The maximum atomic E-state index is 11.7. The van der Waals surface area contributed by atoms with Crippen molar-refractivity contribution < 1.29 is 124 Å². The molecule has 2 heterocycles. The van der Waals surface area contributed by atoms with Crippen LogP contribution in [0.5, 0.6) is 0 Å². The molecule has 2 atom stereocenters. The maximum Gasteiger partial charge on any atom is 1.00 e. The van der Waals surface area contributed by atoms with Crippen LogP contribution < -0.4 is 59.1 Å². The first kappa shape index (κ1) is 37.2. The Kier molecular flexibility index (Phi) is 16.6. The SMILES string of the molecule is O=C(CCCCCCC(=O)ON1C(=O)CC(S(=O)(=O)[O-])C1=O)ON1C(=O)CC([S-](=O)=O)C1=O.[Na+].[Na+].[OH3+]. The summed E-state index contributed by atoms with van der Waals surface area (Å²) in [4.78, 5) is 79.2. The first-order valence-corrected chi connectivity index (χ1v) is 12.1. The first-order valence-electron chi connectivity index (χ1n) is 9.51. The van der Waals surface area contributed by atoms with Gasteiger partial charge in [-0.2, -0.15) is 0 Å². The number of rotatable bonds is 11. The van der Waals surface area contributed by atoms with Crippen LogP contribution in [0.1, 0.15) is 51.4 Å². The van der Waals surface area contributed by atoms with Gasteiger partial charge in [-0.15, -0.1) is 10.1 Å². The molecule has 2 aliphatic rings. The molecule has 0 aromatic rings. The number of hydroxylamine groups is 4. The van der Waals surface area contributed by atoms with Crippen molar-refractivity contribution in [2.45, 2.75) is 61.9 Å². The topological polar surface area (TPSA) is 252 Å². The molecular formula is C16H21N2Na2O14S2+. The zero-order chi connectivity index (χ0) is 24.9. The summed E-state index contributed by atoms with van der Waals surface area (Å²) >= 11 is 0. The molecule has 2 unspecified atom stereocenters. The van der Waals surface area contributed by atoms with Crippen LogP contribution in [0.3, 0.4) is 0 Å². The molecule has 0 spiro atoms. The molecule has 0 aliphatic carbocycles. The molecule has 20 heteroatoms. The van der Waals surface area contributed by atoms with Crippen LogP contribution in [-0.4, -0.2) is 69.2 Å². The van der Waals surface area contributed by atoms with Gasteiger partial charge in [-0.3, -0.25) is 19.2 Å². The Hall–Kier alpha value is -0.960. The fourth-order valence-electron chi connectivity index (χ4n) is 2.92. The second kappa shape index (κ2) is 16.1. The van der Waals surface area contributed by atoms with E-state index in [1.54, 1.807) is 0 Å². The van der Waals surface area contributed by atoms with E-state index in [0.717, 1.165) is 0 Å². The van der Waals surface area contributed by atoms with E-state index in [1.165, 1.54) is 0 Å². The summed E-state index contributed by atoms with van der Waals surface area (Å²) in [6.07, 6.45) is -0.718. The van der Waals surface area contributed by atoms with E-state index in [1.807, 2.05) is 0 Å². The second-order valence-corrected chi connectivity index (χ2v) is 9.68. The van der Waals surface area contributed by atoms with E-state index in [2.05, 4.69) is 9.68 Å². The zero-order valence-corrected chi connectivity index (χ0v) is 25.0. The van der Waals surface area contributed by atoms with Crippen LogP contribution in [0.15, 0.2) is 0 Å². The third kappa shape index (κ3) is 10.1. The second-order valence-electron chi connectivity index (χ2n) is 7.03. The van der Waals surface area contributed by atoms with Crippen molar-refractivity contribution in [3.05, 3.63) is 0 Å². The molecule has 0 aromatic carbocycles.